The van der Waals surface area contributed by atoms with Crippen LogP contribution in [0.25, 0.3) is 0 Å². The van der Waals surface area contributed by atoms with Gasteiger partial charge in [-0.05, 0) is 48.5 Å². The van der Waals surface area contributed by atoms with Crippen LogP contribution >= 0.6 is 23.2 Å². The monoisotopic (exact) mass is 419 g/mol. The molecule has 5 nitrogen and oxygen atoms in total. The van der Waals surface area contributed by atoms with Gasteiger partial charge < -0.3 is 14.9 Å². The van der Waals surface area contributed by atoms with Crippen molar-refractivity contribution in [2.75, 3.05) is 44.2 Å². The van der Waals surface area contributed by atoms with Gasteiger partial charge in [0, 0.05) is 60.6 Å². The Labute approximate surface area is 175 Å². The molecule has 2 fully saturated rings. The molecule has 1 N–H and O–H groups in total. The number of aliphatic hydroxyl groups is 1. The highest BCUT2D eigenvalue weighted by Gasteiger charge is 2.37. The second kappa shape index (κ2) is 8.29. The molecule has 2 heterocycles. The van der Waals surface area contributed by atoms with Gasteiger partial charge >= 0.3 is 0 Å². The number of benzene rings is 2. The van der Waals surface area contributed by atoms with Crippen molar-refractivity contribution < 1.29 is 9.90 Å². The molecule has 0 aromatic heterocycles. The number of β-amino-alcohol motifs (C(OH)–C–C–N with tert-alkyl or cyclic N) is 1. The lowest BCUT2D eigenvalue weighted by Gasteiger charge is -2.38. The molecule has 2 saturated heterocycles. The van der Waals surface area contributed by atoms with Crippen molar-refractivity contribution in [2.45, 2.75) is 12.1 Å². The van der Waals surface area contributed by atoms with E-state index in [-0.39, 0.29) is 11.9 Å². The van der Waals surface area contributed by atoms with Gasteiger partial charge in [-0.1, -0.05) is 23.2 Å². The van der Waals surface area contributed by atoms with Crippen molar-refractivity contribution >= 4 is 34.8 Å². The summed E-state index contributed by atoms with van der Waals surface area (Å²) in [5.41, 5.74) is 1.73. The number of carbonyl (C=O) groups is 1. The lowest BCUT2D eigenvalue weighted by Crippen LogP contribution is -2.54. The molecule has 148 valence electrons. The summed E-state index contributed by atoms with van der Waals surface area (Å²) in [5.74, 6) is 0.0334. The lowest BCUT2D eigenvalue weighted by molar-refractivity contribution is 0.0376. The van der Waals surface area contributed by atoms with Crippen LogP contribution in [0.2, 0.25) is 10.0 Å². The number of hydrogen-bond acceptors (Lipinski definition) is 4. The van der Waals surface area contributed by atoms with Crippen molar-refractivity contribution in [3.8, 4) is 0 Å². The minimum absolute atomic E-state index is 0.0334. The van der Waals surface area contributed by atoms with E-state index in [1.54, 1.807) is 24.3 Å². The van der Waals surface area contributed by atoms with Crippen molar-refractivity contribution in [3.63, 3.8) is 0 Å². The van der Waals surface area contributed by atoms with Gasteiger partial charge in [-0.2, -0.15) is 0 Å². The third-order valence-corrected chi connectivity index (χ3v) is 6.12. The summed E-state index contributed by atoms with van der Waals surface area (Å²) in [5, 5.41) is 11.9. The number of carbonyl (C=O) groups excluding carboxylic acids is 1. The molecule has 2 unspecified atom stereocenters. The van der Waals surface area contributed by atoms with E-state index in [9.17, 15) is 9.90 Å². The van der Waals surface area contributed by atoms with Crippen LogP contribution in [0.3, 0.4) is 0 Å². The van der Waals surface area contributed by atoms with Crippen LogP contribution in [0.5, 0.6) is 0 Å². The molecule has 0 radical (unpaired) electrons. The fraction of sp³-hybridized carbons (Fsp3) is 0.381. The molecule has 2 aromatic rings. The van der Waals surface area contributed by atoms with Crippen LogP contribution in [0.15, 0.2) is 48.5 Å². The highest BCUT2D eigenvalue weighted by molar-refractivity contribution is 6.30. The van der Waals surface area contributed by atoms with Crippen LogP contribution in [-0.2, 0) is 0 Å². The number of anilines is 1. The zero-order valence-corrected chi connectivity index (χ0v) is 17.0. The number of rotatable bonds is 3. The third kappa shape index (κ3) is 4.13. The topological polar surface area (TPSA) is 47.0 Å². The van der Waals surface area contributed by atoms with Crippen molar-refractivity contribution in [1.82, 2.24) is 9.80 Å². The minimum atomic E-state index is -0.408. The molecule has 2 atom stereocenters. The number of hydrogen-bond donors (Lipinski definition) is 1. The quantitative estimate of drug-likeness (QED) is 0.830. The molecule has 1 amide bonds. The van der Waals surface area contributed by atoms with Crippen LogP contribution in [-0.4, -0.2) is 72.2 Å². The summed E-state index contributed by atoms with van der Waals surface area (Å²) in [4.78, 5) is 19.0. The summed E-state index contributed by atoms with van der Waals surface area (Å²) in [6.45, 7) is 4.21. The first kappa shape index (κ1) is 19.5. The SMILES string of the molecule is O=C(c1ccc(Cl)cc1)N1CCN(C2CN(c3ccc(Cl)cc3)CC2O)CC1. The summed E-state index contributed by atoms with van der Waals surface area (Å²) >= 11 is 11.9. The van der Waals surface area contributed by atoms with Crippen LogP contribution in [0, 0.1) is 0 Å². The molecule has 2 aliphatic heterocycles. The maximum atomic E-state index is 12.7. The Hall–Kier alpha value is -1.79. The highest BCUT2D eigenvalue weighted by atomic mass is 35.5. The second-order valence-corrected chi connectivity index (χ2v) is 8.22. The molecule has 0 aliphatic carbocycles. The Morgan fingerprint density at radius 3 is 2.04 bits per heavy atom. The molecule has 0 spiro atoms. The molecule has 4 rings (SSSR count). The zero-order chi connectivity index (χ0) is 19.7. The number of halogens is 2. The molecule has 2 aliphatic rings. The van der Waals surface area contributed by atoms with Crippen LogP contribution < -0.4 is 4.90 Å². The molecular formula is C21H23Cl2N3O2. The Morgan fingerprint density at radius 2 is 1.43 bits per heavy atom. The zero-order valence-electron chi connectivity index (χ0n) is 15.5. The van der Waals surface area contributed by atoms with Crippen molar-refractivity contribution in [1.29, 1.82) is 0 Å². The predicted octanol–water partition coefficient (Wildman–Crippen LogP) is 3.00. The van der Waals surface area contributed by atoms with Gasteiger partial charge in [0.15, 0.2) is 0 Å². The molecular weight excluding hydrogens is 397 g/mol. The van der Waals surface area contributed by atoms with E-state index in [0.717, 1.165) is 25.3 Å². The van der Waals surface area contributed by atoms with Gasteiger partial charge in [-0.25, -0.2) is 0 Å². The maximum Gasteiger partial charge on any atom is 0.253 e. The number of amides is 1. The summed E-state index contributed by atoms with van der Waals surface area (Å²) in [6, 6.07) is 14.8. The predicted molar refractivity (Wildman–Crippen MR) is 112 cm³/mol. The largest absolute Gasteiger partial charge is 0.390 e. The first-order valence-electron chi connectivity index (χ1n) is 9.49. The fourth-order valence-electron chi connectivity index (χ4n) is 4.02. The summed E-state index contributed by atoms with van der Waals surface area (Å²) in [6.07, 6.45) is -0.408. The minimum Gasteiger partial charge on any atom is -0.390 e. The van der Waals surface area contributed by atoms with Crippen molar-refractivity contribution in [3.05, 3.63) is 64.1 Å². The molecule has 0 saturated carbocycles. The van der Waals surface area contributed by atoms with E-state index in [1.165, 1.54) is 0 Å². The van der Waals surface area contributed by atoms with E-state index in [4.69, 9.17) is 23.2 Å². The van der Waals surface area contributed by atoms with E-state index >= 15 is 0 Å². The second-order valence-electron chi connectivity index (χ2n) is 7.35. The highest BCUT2D eigenvalue weighted by Crippen LogP contribution is 2.26. The van der Waals surface area contributed by atoms with E-state index in [2.05, 4.69) is 9.80 Å². The van der Waals surface area contributed by atoms with Gasteiger partial charge in [0.2, 0.25) is 0 Å². The van der Waals surface area contributed by atoms with E-state index in [1.807, 2.05) is 29.2 Å². The normalized spacial score (nSPS) is 23.2. The van der Waals surface area contributed by atoms with Crippen LogP contribution in [0.4, 0.5) is 5.69 Å². The average Bonchev–Trinajstić information content (AvgIpc) is 3.10. The first-order chi connectivity index (χ1) is 13.5. The standard InChI is InChI=1S/C21H23Cl2N3O2/c22-16-3-1-15(2-4-16)21(28)25-11-9-24(10-12-25)19-13-26(14-20(19)27)18-7-5-17(23)6-8-18/h1-8,19-20,27H,9-14H2. The van der Waals surface area contributed by atoms with E-state index in [0.29, 0.717) is 35.2 Å². The van der Waals surface area contributed by atoms with Gasteiger partial charge in [0.1, 0.15) is 0 Å². The number of nitrogens with zero attached hydrogens (tertiary/aromatic N) is 3. The van der Waals surface area contributed by atoms with Crippen LogP contribution in [0.1, 0.15) is 10.4 Å². The molecule has 7 heteroatoms. The number of aliphatic hydroxyl groups excluding tert-OH is 1. The van der Waals surface area contributed by atoms with Gasteiger partial charge in [0.05, 0.1) is 12.1 Å². The Morgan fingerprint density at radius 1 is 0.857 bits per heavy atom. The van der Waals surface area contributed by atoms with Gasteiger partial charge in [-0.3, -0.25) is 9.69 Å². The van der Waals surface area contributed by atoms with Crippen molar-refractivity contribution in [2.24, 2.45) is 0 Å². The summed E-state index contributed by atoms with van der Waals surface area (Å²) < 4.78 is 0. The Balaban J connectivity index is 1.35. The first-order valence-corrected chi connectivity index (χ1v) is 10.2. The smallest absolute Gasteiger partial charge is 0.253 e. The van der Waals surface area contributed by atoms with Gasteiger partial charge in [0.25, 0.3) is 5.91 Å². The number of piperazine rings is 1. The Bertz CT molecular complexity index is 821. The average molecular weight is 420 g/mol. The Kier molecular flexibility index (Phi) is 5.78. The molecule has 2 aromatic carbocycles. The maximum absolute atomic E-state index is 12.7. The molecule has 0 bridgehead atoms. The summed E-state index contributed by atoms with van der Waals surface area (Å²) in [7, 11) is 0. The lowest BCUT2D eigenvalue weighted by atomic mass is 10.1. The van der Waals surface area contributed by atoms with E-state index < -0.39 is 6.10 Å². The van der Waals surface area contributed by atoms with Gasteiger partial charge in [-0.15, -0.1) is 0 Å². The molecule has 28 heavy (non-hydrogen) atoms. The fourth-order valence-corrected chi connectivity index (χ4v) is 4.27. The third-order valence-electron chi connectivity index (χ3n) is 5.61.